The molecule has 7 nitrogen and oxygen atoms in total. The Morgan fingerprint density at radius 3 is 2.44 bits per heavy atom. The number of anilines is 1. The SMILES string of the molecule is O=C(NC1CCCC1)c1ccccc1N1C(=O)[C@@H]2Cc3c([nH]c4ccccc34)[C@@H](c3ccc(F)cc3)N2C1=O. The first kappa shape index (κ1) is 23.6. The zero-order valence-electron chi connectivity index (χ0n) is 21.2. The summed E-state index contributed by atoms with van der Waals surface area (Å²) in [6.07, 6.45) is 4.35. The molecule has 0 bridgehead atoms. The molecular formula is C31H27FN4O3. The van der Waals surface area contributed by atoms with Gasteiger partial charge in [-0.15, -0.1) is 0 Å². The molecule has 2 fully saturated rings. The van der Waals surface area contributed by atoms with E-state index in [1.165, 1.54) is 12.1 Å². The lowest BCUT2D eigenvalue weighted by molar-refractivity contribution is -0.120. The number of aromatic nitrogens is 1. The smallest absolute Gasteiger partial charge is 0.332 e. The number of benzene rings is 3. The van der Waals surface area contributed by atoms with E-state index in [-0.39, 0.29) is 29.4 Å². The summed E-state index contributed by atoms with van der Waals surface area (Å²) in [5.41, 5.74) is 3.98. The van der Waals surface area contributed by atoms with E-state index < -0.39 is 18.1 Å². The fourth-order valence-electron chi connectivity index (χ4n) is 6.48. The number of halogens is 1. The van der Waals surface area contributed by atoms with Gasteiger partial charge in [0.05, 0.1) is 11.3 Å². The van der Waals surface area contributed by atoms with E-state index in [9.17, 15) is 18.8 Å². The molecule has 196 valence electrons. The lowest BCUT2D eigenvalue weighted by Crippen LogP contribution is -2.44. The highest BCUT2D eigenvalue weighted by atomic mass is 19.1. The van der Waals surface area contributed by atoms with Crippen molar-refractivity contribution >= 4 is 34.4 Å². The molecule has 3 heterocycles. The van der Waals surface area contributed by atoms with E-state index in [0.29, 0.717) is 17.5 Å². The van der Waals surface area contributed by atoms with E-state index in [0.717, 1.165) is 52.7 Å². The number of carbonyl (C=O) groups excluding carboxylic acids is 3. The number of imide groups is 1. The molecular weight excluding hydrogens is 495 g/mol. The summed E-state index contributed by atoms with van der Waals surface area (Å²) >= 11 is 0. The van der Waals surface area contributed by atoms with Crippen molar-refractivity contribution in [3.05, 3.63) is 101 Å². The maximum atomic E-state index is 14.2. The van der Waals surface area contributed by atoms with Gasteiger partial charge in [-0.2, -0.15) is 0 Å². The topological polar surface area (TPSA) is 85.5 Å². The zero-order chi connectivity index (χ0) is 26.7. The summed E-state index contributed by atoms with van der Waals surface area (Å²) < 4.78 is 13.9. The first-order chi connectivity index (χ1) is 19.0. The number of hydrogen-bond acceptors (Lipinski definition) is 3. The van der Waals surface area contributed by atoms with Crippen molar-refractivity contribution in [2.45, 2.75) is 50.2 Å². The van der Waals surface area contributed by atoms with Gasteiger partial charge in [0, 0.05) is 29.1 Å². The van der Waals surface area contributed by atoms with Crippen LogP contribution in [0.25, 0.3) is 10.9 Å². The van der Waals surface area contributed by atoms with Gasteiger partial charge in [-0.1, -0.05) is 55.3 Å². The molecule has 7 rings (SSSR count). The molecule has 1 aliphatic carbocycles. The molecule has 3 aliphatic rings. The monoisotopic (exact) mass is 522 g/mol. The van der Waals surface area contributed by atoms with Crippen LogP contribution in [-0.2, 0) is 11.2 Å². The molecule has 0 unspecified atom stereocenters. The minimum atomic E-state index is -0.759. The Labute approximate surface area is 224 Å². The van der Waals surface area contributed by atoms with Gasteiger partial charge >= 0.3 is 6.03 Å². The van der Waals surface area contributed by atoms with E-state index in [1.807, 2.05) is 24.3 Å². The van der Waals surface area contributed by atoms with E-state index >= 15 is 0 Å². The van der Waals surface area contributed by atoms with Crippen molar-refractivity contribution in [3.63, 3.8) is 0 Å². The van der Waals surface area contributed by atoms with Crippen LogP contribution >= 0.6 is 0 Å². The number of urea groups is 1. The number of H-pyrrole nitrogens is 1. The zero-order valence-corrected chi connectivity index (χ0v) is 21.2. The van der Waals surface area contributed by atoms with Crippen molar-refractivity contribution in [1.82, 2.24) is 15.2 Å². The molecule has 2 N–H and O–H groups in total. The van der Waals surface area contributed by atoms with Gasteiger partial charge in [0.15, 0.2) is 0 Å². The number of hydrogen-bond donors (Lipinski definition) is 2. The second-order valence-electron chi connectivity index (χ2n) is 10.6. The Morgan fingerprint density at radius 1 is 0.923 bits per heavy atom. The Balaban J connectivity index is 1.32. The van der Waals surface area contributed by atoms with Crippen LogP contribution in [0.3, 0.4) is 0 Å². The van der Waals surface area contributed by atoms with E-state index in [2.05, 4.69) is 10.3 Å². The Hall–Kier alpha value is -4.46. The van der Waals surface area contributed by atoms with Crippen molar-refractivity contribution < 1.29 is 18.8 Å². The molecule has 4 amide bonds. The summed E-state index contributed by atoms with van der Waals surface area (Å²) in [4.78, 5) is 47.7. The van der Waals surface area contributed by atoms with Crippen molar-refractivity contribution in [3.8, 4) is 0 Å². The first-order valence-electron chi connectivity index (χ1n) is 13.4. The largest absolute Gasteiger partial charge is 0.356 e. The second-order valence-corrected chi connectivity index (χ2v) is 10.6. The van der Waals surface area contributed by atoms with Crippen molar-refractivity contribution in [1.29, 1.82) is 0 Å². The molecule has 0 spiro atoms. The average Bonchev–Trinajstić information content (AvgIpc) is 3.65. The summed E-state index contributed by atoms with van der Waals surface area (Å²) in [6.45, 7) is 0. The van der Waals surface area contributed by atoms with Gasteiger partial charge < -0.3 is 10.3 Å². The number of amides is 4. The van der Waals surface area contributed by atoms with Gasteiger partial charge in [0.25, 0.3) is 11.8 Å². The molecule has 8 heteroatoms. The number of aromatic amines is 1. The Morgan fingerprint density at radius 2 is 1.64 bits per heavy atom. The number of nitrogens with one attached hydrogen (secondary N) is 2. The molecule has 2 atom stereocenters. The summed E-state index contributed by atoms with van der Waals surface area (Å²) in [5, 5.41) is 4.07. The highest BCUT2D eigenvalue weighted by Gasteiger charge is 2.53. The normalized spacial score (nSPS) is 20.9. The van der Waals surface area contributed by atoms with Gasteiger partial charge in [-0.05, 0) is 54.3 Å². The Bertz CT molecular complexity index is 1620. The van der Waals surface area contributed by atoms with Crippen LogP contribution < -0.4 is 10.2 Å². The molecule has 4 aromatic rings. The third-order valence-electron chi connectivity index (χ3n) is 8.31. The number of nitrogens with zero attached hydrogens (tertiary/aromatic N) is 2. The van der Waals surface area contributed by atoms with Gasteiger partial charge in [0.2, 0.25) is 0 Å². The van der Waals surface area contributed by atoms with Crippen LogP contribution in [0.5, 0.6) is 0 Å². The summed E-state index contributed by atoms with van der Waals surface area (Å²) in [6, 6.07) is 18.9. The molecule has 2 aliphatic heterocycles. The number of rotatable bonds is 4. The number of carbonyl (C=O) groups is 3. The molecule has 1 saturated heterocycles. The fraction of sp³-hybridized carbons (Fsp3) is 0.258. The average molecular weight is 523 g/mol. The third-order valence-corrected chi connectivity index (χ3v) is 8.31. The van der Waals surface area contributed by atoms with Gasteiger partial charge in [-0.3, -0.25) is 14.5 Å². The maximum Gasteiger partial charge on any atom is 0.332 e. The number of fused-ring (bicyclic) bond motifs is 4. The molecule has 39 heavy (non-hydrogen) atoms. The van der Waals surface area contributed by atoms with Crippen LogP contribution in [-0.4, -0.2) is 39.8 Å². The molecule has 1 saturated carbocycles. The molecule has 1 aromatic heterocycles. The van der Waals surface area contributed by atoms with Crippen LogP contribution in [0.2, 0.25) is 0 Å². The van der Waals surface area contributed by atoms with Crippen LogP contribution in [0.1, 0.15) is 58.9 Å². The second kappa shape index (κ2) is 9.08. The quantitative estimate of drug-likeness (QED) is 0.349. The number of para-hydroxylation sites is 2. The lowest BCUT2D eigenvalue weighted by atomic mass is 9.89. The van der Waals surface area contributed by atoms with Crippen molar-refractivity contribution in [2.75, 3.05) is 4.90 Å². The first-order valence-corrected chi connectivity index (χ1v) is 13.4. The summed E-state index contributed by atoms with van der Waals surface area (Å²) in [5.74, 6) is -1.03. The van der Waals surface area contributed by atoms with Crippen LogP contribution in [0.15, 0.2) is 72.8 Å². The van der Waals surface area contributed by atoms with Gasteiger partial charge in [0.1, 0.15) is 17.9 Å². The predicted molar refractivity (Wildman–Crippen MR) is 145 cm³/mol. The highest BCUT2D eigenvalue weighted by Crippen LogP contribution is 2.45. The van der Waals surface area contributed by atoms with Crippen LogP contribution in [0.4, 0.5) is 14.9 Å². The predicted octanol–water partition coefficient (Wildman–Crippen LogP) is 5.46. The van der Waals surface area contributed by atoms with E-state index in [4.69, 9.17) is 0 Å². The van der Waals surface area contributed by atoms with E-state index in [1.54, 1.807) is 41.3 Å². The minimum Gasteiger partial charge on any atom is -0.356 e. The lowest BCUT2D eigenvalue weighted by Gasteiger charge is -2.36. The van der Waals surface area contributed by atoms with Crippen LogP contribution in [0, 0.1) is 5.82 Å². The Kier molecular flexibility index (Phi) is 5.50. The highest BCUT2D eigenvalue weighted by molar-refractivity contribution is 6.24. The minimum absolute atomic E-state index is 0.100. The molecule has 0 radical (unpaired) electrons. The summed E-state index contributed by atoms with van der Waals surface area (Å²) in [7, 11) is 0. The van der Waals surface area contributed by atoms with Gasteiger partial charge in [-0.25, -0.2) is 14.1 Å². The van der Waals surface area contributed by atoms with Crippen molar-refractivity contribution in [2.24, 2.45) is 0 Å². The molecule has 3 aromatic carbocycles. The standard InChI is InChI=1S/C31H27FN4O3/c32-19-15-13-18(14-16-19)28-27-23(21-9-3-5-11-24(21)34-27)17-26-30(38)36(31(39)35(26)28)25-12-6-4-10-22(25)29(37)33-20-7-1-2-8-20/h3-6,9-16,20,26,28,34H,1-2,7-8,17H2,(H,33,37)/t26-,28+/m0/s1. The third kappa shape index (κ3) is 3.73. The maximum absolute atomic E-state index is 14.2. The fourth-order valence-corrected chi connectivity index (χ4v) is 6.48.